The summed E-state index contributed by atoms with van der Waals surface area (Å²) in [4.78, 5) is 9.55. The van der Waals surface area contributed by atoms with Crippen LogP contribution in [0.25, 0.3) is 11.3 Å². The van der Waals surface area contributed by atoms with Crippen molar-refractivity contribution in [3.05, 3.63) is 41.4 Å². The van der Waals surface area contributed by atoms with Gasteiger partial charge in [0.1, 0.15) is 22.6 Å². The third-order valence-corrected chi connectivity index (χ3v) is 3.17. The number of rotatable bonds is 3. The van der Waals surface area contributed by atoms with Crippen LogP contribution in [-0.4, -0.2) is 11.4 Å². The lowest BCUT2D eigenvalue weighted by Crippen LogP contribution is -2.08. The van der Waals surface area contributed by atoms with Crippen molar-refractivity contribution in [1.29, 1.82) is 0 Å². The first-order chi connectivity index (χ1) is 9.34. The zero-order chi connectivity index (χ0) is 14.9. The number of aromatic nitrogens is 1. The number of benzene rings is 1. The second kappa shape index (κ2) is 5.35. The highest BCUT2D eigenvalue weighted by molar-refractivity contribution is 9.09. The molecule has 3 nitrogen and oxygen atoms in total. The van der Waals surface area contributed by atoms with Crippen LogP contribution < -0.4 is 0 Å². The summed E-state index contributed by atoms with van der Waals surface area (Å²) in [5.41, 5.74) is -0.377. The van der Waals surface area contributed by atoms with Crippen LogP contribution in [-0.2, 0) is 11.0 Å². The fourth-order valence-electron chi connectivity index (χ4n) is 1.64. The molecule has 106 valence electrons. The van der Waals surface area contributed by atoms with Gasteiger partial charge in [-0.2, -0.15) is 13.2 Å². The Morgan fingerprint density at radius 3 is 2.35 bits per heavy atom. The lowest BCUT2D eigenvalue weighted by atomic mass is 10.0. The predicted octanol–water partition coefficient (Wildman–Crippen LogP) is 4.13. The van der Waals surface area contributed by atoms with Crippen molar-refractivity contribution in [1.82, 2.24) is 5.16 Å². The molecule has 0 N–H and O–H groups in total. The fourth-order valence-corrected chi connectivity index (χ4v) is 2.07. The number of carbonyl (C=O) groups excluding carboxylic acids is 1. The molecule has 0 saturated carbocycles. The molecule has 0 amide bonds. The van der Waals surface area contributed by atoms with Crippen molar-refractivity contribution in [3.8, 4) is 11.3 Å². The highest BCUT2D eigenvalue weighted by atomic mass is 79.9. The monoisotopic (exact) mass is 351 g/mol. The van der Waals surface area contributed by atoms with Crippen molar-refractivity contribution in [3.63, 3.8) is 0 Å². The summed E-state index contributed by atoms with van der Waals surface area (Å²) in [6.45, 7) is 0. The van der Waals surface area contributed by atoms with Gasteiger partial charge in [0.05, 0.1) is 5.56 Å². The van der Waals surface area contributed by atoms with E-state index < -0.39 is 28.1 Å². The summed E-state index contributed by atoms with van der Waals surface area (Å²) in [7, 11) is 0. The quantitative estimate of drug-likeness (QED) is 0.474. The van der Waals surface area contributed by atoms with E-state index in [-0.39, 0.29) is 17.5 Å². The molecular weight excluding hydrogens is 346 g/mol. The molecule has 20 heavy (non-hydrogen) atoms. The summed E-state index contributed by atoms with van der Waals surface area (Å²) in [5.74, 6) is -1.90. The van der Waals surface area contributed by atoms with Crippen LogP contribution in [0.4, 0.5) is 17.6 Å². The minimum absolute atomic E-state index is 0.161. The molecule has 1 unspecified atom stereocenters. The smallest absolute Gasteiger partial charge is 0.351 e. The average molecular weight is 352 g/mol. The molecule has 0 radical (unpaired) electrons. The van der Waals surface area contributed by atoms with Gasteiger partial charge in [0.25, 0.3) is 0 Å². The van der Waals surface area contributed by atoms with Gasteiger partial charge in [-0.1, -0.05) is 21.1 Å². The normalized spacial score (nSPS) is 13.2. The van der Waals surface area contributed by atoms with Crippen LogP contribution in [0.1, 0.15) is 16.2 Å². The maximum Gasteiger partial charge on any atom is 0.452 e. The lowest BCUT2D eigenvalue weighted by molar-refractivity contribution is -0.156. The van der Waals surface area contributed by atoms with E-state index in [1.54, 1.807) is 0 Å². The van der Waals surface area contributed by atoms with Gasteiger partial charge in [-0.05, 0) is 24.3 Å². The third-order valence-electron chi connectivity index (χ3n) is 2.50. The summed E-state index contributed by atoms with van der Waals surface area (Å²) < 4.78 is 55.6. The maximum atomic E-state index is 12.8. The van der Waals surface area contributed by atoms with Gasteiger partial charge in [0.2, 0.25) is 5.76 Å². The molecule has 0 aliphatic rings. The van der Waals surface area contributed by atoms with Gasteiger partial charge in [0.15, 0.2) is 0 Å². The van der Waals surface area contributed by atoms with Gasteiger partial charge in [0, 0.05) is 5.56 Å². The van der Waals surface area contributed by atoms with Crippen LogP contribution in [0.2, 0.25) is 0 Å². The Balaban J connectivity index is 2.62. The van der Waals surface area contributed by atoms with Crippen LogP contribution in [0.5, 0.6) is 0 Å². The second-order valence-corrected chi connectivity index (χ2v) is 4.80. The molecule has 1 aromatic heterocycles. The highest BCUT2D eigenvalue weighted by Gasteiger charge is 2.42. The Hall–Kier alpha value is -1.70. The van der Waals surface area contributed by atoms with Crippen molar-refractivity contribution in [2.24, 2.45) is 0 Å². The number of hydrogen-bond acceptors (Lipinski definition) is 3. The number of carbonyl (C=O) groups is 1. The topological polar surface area (TPSA) is 43.1 Å². The molecule has 1 heterocycles. The molecule has 0 aliphatic heterocycles. The molecule has 0 fully saturated rings. The largest absolute Gasteiger partial charge is 0.452 e. The molecule has 1 atom stereocenters. The third kappa shape index (κ3) is 2.74. The SMILES string of the molecule is O=CC(Br)c1c(-c2ccc(F)cc2)noc1C(F)(F)F. The number of halogens is 5. The van der Waals surface area contributed by atoms with E-state index in [1.807, 2.05) is 0 Å². The summed E-state index contributed by atoms with van der Waals surface area (Å²) >= 11 is 2.83. The summed E-state index contributed by atoms with van der Waals surface area (Å²) in [6, 6.07) is 4.65. The van der Waals surface area contributed by atoms with Gasteiger partial charge >= 0.3 is 6.18 Å². The van der Waals surface area contributed by atoms with Crippen LogP contribution >= 0.6 is 15.9 Å². The minimum atomic E-state index is -4.78. The first kappa shape index (κ1) is 14.7. The van der Waals surface area contributed by atoms with Crippen LogP contribution in [0.15, 0.2) is 28.8 Å². The molecule has 2 rings (SSSR count). The zero-order valence-corrected chi connectivity index (χ0v) is 11.2. The van der Waals surface area contributed by atoms with E-state index >= 15 is 0 Å². The molecule has 2 aromatic rings. The van der Waals surface area contributed by atoms with E-state index in [0.717, 1.165) is 12.1 Å². The van der Waals surface area contributed by atoms with E-state index in [9.17, 15) is 22.4 Å². The van der Waals surface area contributed by atoms with Crippen LogP contribution in [0.3, 0.4) is 0 Å². The molecule has 1 aromatic carbocycles. The van der Waals surface area contributed by atoms with Crippen molar-refractivity contribution >= 4 is 22.2 Å². The highest BCUT2D eigenvalue weighted by Crippen LogP contribution is 2.41. The summed E-state index contributed by atoms with van der Waals surface area (Å²) in [6.07, 6.45) is -4.50. The van der Waals surface area contributed by atoms with E-state index in [4.69, 9.17) is 0 Å². The first-order valence-electron chi connectivity index (χ1n) is 5.26. The minimum Gasteiger partial charge on any atom is -0.351 e. The molecule has 0 aliphatic carbocycles. The average Bonchev–Trinajstić information content (AvgIpc) is 2.83. The van der Waals surface area contributed by atoms with Crippen molar-refractivity contribution in [2.75, 3.05) is 0 Å². The molecule has 0 bridgehead atoms. The first-order valence-corrected chi connectivity index (χ1v) is 6.18. The predicted molar refractivity (Wildman–Crippen MR) is 64.6 cm³/mol. The van der Waals surface area contributed by atoms with Gasteiger partial charge in [-0.25, -0.2) is 4.39 Å². The number of hydrogen-bond donors (Lipinski definition) is 0. The van der Waals surface area contributed by atoms with E-state index in [2.05, 4.69) is 25.6 Å². The Morgan fingerprint density at radius 1 is 1.25 bits per heavy atom. The Kier molecular flexibility index (Phi) is 3.94. The van der Waals surface area contributed by atoms with E-state index in [1.165, 1.54) is 12.1 Å². The van der Waals surface area contributed by atoms with Crippen molar-refractivity contribution in [2.45, 2.75) is 11.0 Å². The summed E-state index contributed by atoms with van der Waals surface area (Å²) in [5, 5.41) is 3.35. The van der Waals surface area contributed by atoms with Crippen LogP contribution in [0, 0.1) is 5.82 Å². The van der Waals surface area contributed by atoms with Gasteiger partial charge in [-0.15, -0.1) is 0 Å². The van der Waals surface area contributed by atoms with Gasteiger partial charge < -0.3 is 9.32 Å². The molecular formula is C12H6BrF4NO2. The second-order valence-electron chi connectivity index (χ2n) is 3.82. The number of alkyl halides is 4. The maximum absolute atomic E-state index is 12.8. The molecule has 0 saturated heterocycles. The molecule has 0 spiro atoms. The molecule has 8 heteroatoms. The number of nitrogens with zero attached hydrogens (tertiary/aromatic N) is 1. The standard InChI is InChI=1S/C12H6BrF4NO2/c13-8(5-19)9-10(6-1-3-7(14)4-2-6)18-20-11(9)12(15,16)17/h1-5,8H. The Morgan fingerprint density at radius 2 is 1.85 bits per heavy atom. The van der Waals surface area contributed by atoms with Crippen molar-refractivity contribution < 1.29 is 26.9 Å². The fraction of sp³-hybridized carbons (Fsp3) is 0.167. The number of aldehydes is 1. The Bertz CT molecular complexity index is 621. The van der Waals surface area contributed by atoms with Gasteiger partial charge in [-0.3, -0.25) is 0 Å². The Labute approximate surface area is 118 Å². The zero-order valence-electron chi connectivity index (χ0n) is 9.62. The van der Waals surface area contributed by atoms with E-state index in [0.29, 0.717) is 0 Å². The lowest BCUT2D eigenvalue weighted by Gasteiger charge is -2.07.